The maximum Gasteiger partial charge on any atom is 0.273 e. The molecule has 1 aliphatic heterocycles. The van der Waals surface area contributed by atoms with E-state index in [0.29, 0.717) is 30.3 Å². The lowest BCUT2D eigenvalue weighted by Gasteiger charge is -2.31. The van der Waals surface area contributed by atoms with Gasteiger partial charge in [-0.1, -0.05) is 11.8 Å². The van der Waals surface area contributed by atoms with Crippen molar-refractivity contribution in [3.05, 3.63) is 29.6 Å². The fourth-order valence-corrected chi connectivity index (χ4v) is 2.29. The number of aliphatic hydroxyl groups is 1. The minimum atomic E-state index is -0.0942. The first kappa shape index (κ1) is 14.5. The van der Waals surface area contributed by atoms with Gasteiger partial charge in [0, 0.05) is 25.9 Å². The fourth-order valence-electron chi connectivity index (χ4n) is 2.29. The number of amides is 1. The summed E-state index contributed by atoms with van der Waals surface area (Å²) >= 11 is 0. The SMILES string of the molecule is NCC#Cc1cccnc1C(=O)N1CCC(CO)CC1. The highest BCUT2D eigenvalue weighted by Gasteiger charge is 2.25. The summed E-state index contributed by atoms with van der Waals surface area (Å²) in [5.74, 6) is 5.85. The van der Waals surface area contributed by atoms with E-state index in [1.807, 2.05) is 0 Å². The molecule has 0 saturated carbocycles. The summed E-state index contributed by atoms with van der Waals surface area (Å²) in [5, 5.41) is 9.13. The third kappa shape index (κ3) is 3.35. The molecule has 1 aromatic heterocycles. The van der Waals surface area contributed by atoms with Crippen LogP contribution < -0.4 is 5.73 Å². The van der Waals surface area contributed by atoms with Crippen LogP contribution in [0.4, 0.5) is 0 Å². The molecule has 20 heavy (non-hydrogen) atoms. The van der Waals surface area contributed by atoms with Crippen LogP contribution in [0.1, 0.15) is 28.9 Å². The molecule has 1 saturated heterocycles. The van der Waals surface area contributed by atoms with Crippen LogP contribution in [0.25, 0.3) is 0 Å². The normalized spacial score (nSPS) is 15.6. The third-order valence-electron chi connectivity index (χ3n) is 3.50. The molecule has 1 fully saturated rings. The quantitative estimate of drug-likeness (QED) is 0.756. The number of nitrogens with zero attached hydrogens (tertiary/aromatic N) is 2. The van der Waals surface area contributed by atoms with E-state index in [1.54, 1.807) is 23.2 Å². The highest BCUT2D eigenvalue weighted by molar-refractivity contribution is 5.94. The first-order valence-corrected chi connectivity index (χ1v) is 6.80. The van der Waals surface area contributed by atoms with Crippen molar-refractivity contribution in [3.8, 4) is 11.8 Å². The fraction of sp³-hybridized carbons (Fsp3) is 0.467. The highest BCUT2D eigenvalue weighted by Crippen LogP contribution is 2.18. The molecule has 0 spiro atoms. The lowest BCUT2D eigenvalue weighted by molar-refractivity contribution is 0.0645. The van der Waals surface area contributed by atoms with Gasteiger partial charge in [-0.05, 0) is 30.9 Å². The second kappa shape index (κ2) is 7.04. The molecule has 3 N–H and O–H groups in total. The summed E-state index contributed by atoms with van der Waals surface area (Å²) in [5.41, 5.74) is 6.37. The average molecular weight is 273 g/mol. The molecule has 0 aliphatic carbocycles. The van der Waals surface area contributed by atoms with Gasteiger partial charge in [0.25, 0.3) is 5.91 Å². The lowest BCUT2D eigenvalue weighted by Crippen LogP contribution is -2.39. The molecule has 0 aromatic carbocycles. The largest absolute Gasteiger partial charge is 0.396 e. The van der Waals surface area contributed by atoms with Crippen LogP contribution >= 0.6 is 0 Å². The summed E-state index contributed by atoms with van der Waals surface area (Å²) < 4.78 is 0. The standard InChI is InChI=1S/C15H19N3O2/c16-7-1-3-13-4-2-8-17-14(13)15(20)18-9-5-12(11-19)6-10-18/h2,4,8,12,19H,5-7,9-11,16H2. The van der Waals surface area contributed by atoms with Crippen molar-refractivity contribution in [2.75, 3.05) is 26.2 Å². The molecule has 106 valence electrons. The average Bonchev–Trinajstić information content (AvgIpc) is 2.52. The predicted molar refractivity (Wildman–Crippen MR) is 75.9 cm³/mol. The summed E-state index contributed by atoms with van der Waals surface area (Å²) in [6.45, 7) is 1.76. The molecule has 1 aromatic rings. The predicted octanol–water partition coefficient (Wildman–Crippen LogP) is 0.236. The van der Waals surface area contributed by atoms with E-state index in [-0.39, 0.29) is 19.1 Å². The second-order valence-corrected chi connectivity index (χ2v) is 4.82. The number of carbonyl (C=O) groups excluding carboxylic acids is 1. The van der Waals surface area contributed by atoms with Crippen LogP contribution in [-0.2, 0) is 0 Å². The number of nitrogens with two attached hydrogens (primary N) is 1. The maximum absolute atomic E-state index is 12.5. The Labute approximate surface area is 118 Å². The number of hydrogen-bond donors (Lipinski definition) is 2. The van der Waals surface area contributed by atoms with E-state index in [9.17, 15) is 4.79 Å². The summed E-state index contributed by atoms with van der Waals surface area (Å²) in [6.07, 6.45) is 3.26. The molecule has 5 nitrogen and oxygen atoms in total. The van der Waals surface area contributed by atoms with Crippen molar-refractivity contribution in [2.45, 2.75) is 12.8 Å². The minimum Gasteiger partial charge on any atom is -0.396 e. The van der Waals surface area contributed by atoms with E-state index in [2.05, 4.69) is 16.8 Å². The van der Waals surface area contributed by atoms with Crippen LogP contribution in [0.5, 0.6) is 0 Å². The van der Waals surface area contributed by atoms with Gasteiger partial charge in [-0.3, -0.25) is 4.79 Å². The van der Waals surface area contributed by atoms with Crippen LogP contribution in [0, 0.1) is 17.8 Å². The third-order valence-corrected chi connectivity index (χ3v) is 3.50. The summed E-state index contributed by atoms with van der Waals surface area (Å²) in [7, 11) is 0. The second-order valence-electron chi connectivity index (χ2n) is 4.82. The van der Waals surface area contributed by atoms with E-state index >= 15 is 0 Å². The molecular weight excluding hydrogens is 254 g/mol. The van der Waals surface area contributed by atoms with Gasteiger partial charge < -0.3 is 15.7 Å². The Bertz CT molecular complexity index is 525. The Morgan fingerprint density at radius 3 is 2.90 bits per heavy atom. The number of piperidine rings is 1. The number of hydrogen-bond acceptors (Lipinski definition) is 4. The number of rotatable bonds is 2. The first-order chi connectivity index (χ1) is 9.76. The smallest absolute Gasteiger partial charge is 0.273 e. The van der Waals surface area contributed by atoms with Crippen molar-refractivity contribution in [2.24, 2.45) is 11.7 Å². The van der Waals surface area contributed by atoms with Crippen LogP contribution in [-0.4, -0.2) is 47.1 Å². The lowest BCUT2D eigenvalue weighted by atomic mass is 9.97. The van der Waals surface area contributed by atoms with Crippen molar-refractivity contribution in [1.82, 2.24) is 9.88 Å². The van der Waals surface area contributed by atoms with Gasteiger partial charge in [-0.15, -0.1) is 0 Å². The number of likely N-dealkylation sites (tertiary alicyclic amines) is 1. The Kier molecular flexibility index (Phi) is 5.10. The minimum absolute atomic E-state index is 0.0942. The summed E-state index contributed by atoms with van der Waals surface area (Å²) in [4.78, 5) is 18.4. The van der Waals surface area contributed by atoms with Gasteiger partial charge in [0.15, 0.2) is 0 Å². The van der Waals surface area contributed by atoms with Gasteiger partial charge in [0.1, 0.15) is 5.69 Å². The number of carbonyl (C=O) groups is 1. The summed E-state index contributed by atoms with van der Waals surface area (Å²) in [6, 6.07) is 3.54. The monoisotopic (exact) mass is 273 g/mol. The molecule has 0 unspecified atom stereocenters. The number of pyridine rings is 1. The van der Waals surface area contributed by atoms with E-state index in [0.717, 1.165) is 12.8 Å². The van der Waals surface area contributed by atoms with E-state index in [1.165, 1.54) is 0 Å². The molecule has 0 bridgehead atoms. The van der Waals surface area contributed by atoms with Crippen molar-refractivity contribution < 1.29 is 9.90 Å². The van der Waals surface area contributed by atoms with Crippen molar-refractivity contribution in [1.29, 1.82) is 0 Å². The molecule has 5 heteroatoms. The van der Waals surface area contributed by atoms with Crippen molar-refractivity contribution in [3.63, 3.8) is 0 Å². The Morgan fingerprint density at radius 2 is 2.25 bits per heavy atom. The first-order valence-electron chi connectivity index (χ1n) is 6.80. The molecule has 1 aliphatic rings. The molecule has 0 atom stereocenters. The zero-order valence-electron chi connectivity index (χ0n) is 11.4. The topological polar surface area (TPSA) is 79.5 Å². The molecule has 2 heterocycles. The van der Waals surface area contributed by atoms with Gasteiger partial charge in [0.05, 0.1) is 12.1 Å². The van der Waals surface area contributed by atoms with E-state index < -0.39 is 0 Å². The van der Waals surface area contributed by atoms with Gasteiger partial charge in [0.2, 0.25) is 0 Å². The number of aromatic nitrogens is 1. The Balaban J connectivity index is 2.13. The maximum atomic E-state index is 12.5. The van der Waals surface area contributed by atoms with E-state index in [4.69, 9.17) is 10.8 Å². The highest BCUT2D eigenvalue weighted by atomic mass is 16.3. The molecule has 1 amide bonds. The van der Waals surface area contributed by atoms with Crippen LogP contribution in [0.15, 0.2) is 18.3 Å². The number of aliphatic hydroxyl groups excluding tert-OH is 1. The van der Waals surface area contributed by atoms with Crippen molar-refractivity contribution >= 4 is 5.91 Å². The van der Waals surface area contributed by atoms with Gasteiger partial charge in [-0.25, -0.2) is 4.98 Å². The zero-order valence-corrected chi connectivity index (χ0v) is 11.4. The Hall–Kier alpha value is -1.90. The zero-order chi connectivity index (χ0) is 14.4. The molecule has 0 radical (unpaired) electrons. The molecular formula is C15H19N3O2. The van der Waals surface area contributed by atoms with Crippen LogP contribution in [0.2, 0.25) is 0 Å². The molecule has 2 rings (SSSR count). The Morgan fingerprint density at radius 1 is 1.50 bits per heavy atom. The van der Waals surface area contributed by atoms with Crippen LogP contribution in [0.3, 0.4) is 0 Å². The van der Waals surface area contributed by atoms with Gasteiger partial charge >= 0.3 is 0 Å². The van der Waals surface area contributed by atoms with Gasteiger partial charge in [-0.2, -0.15) is 0 Å².